The van der Waals surface area contributed by atoms with E-state index in [0.717, 1.165) is 38.9 Å². The first-order valence-electron chi connectivity index (χ1n) is 20.9. The van der Waals surface area contributed by atoms with Gasteiger partial charge in [-0.1, -0.05) is 141 Å². The summed E-state index contributed by atoms with van der Waals surface area (Å²) in [7, 11) is 0. The molecule has 61 heavy (non-hydrogen) atoms. The monoisotopic (exact) mass is 804 g/mol. The average Bonchev–Trinajstić information content (AvgIpc) is 4.00. The van der Waals surface area contributed by atoms with Gasteiger partial charge in [-0.05, 0) is 118 Å². The van der Waals surface area contributed by atoms with Crippen molar-refractivity contribution in [3.63, 3.8) is 0 Å². The summed E-state index contributed by atoms with van der Waals surface area (Å²) < 4.78 is 11.2. The third kappa shape index (κ3) is 6.48. The Morgan fingerprint density at radius 2 is 0.754 bits per heavy atom. The number of para-hydroxylation sites is 3. The molecule has 0 aliphatic heterocycles. The van der Waals surface area contributed by atoms with E-state index in [0.29, 0.717) is 0 Å². The van der Waals surface area contributed by atoms with Crippen LogP contribution in [0.5, 0.6) is 0 Å². The summed E-state index contributed by atoms with van der Waals surface area (Å²) in [6.07, 6.45) is 1.69. The first-order chi connectivity index (χ1) is 30.2. The van der Waals surface area contributed by atoms with Gasteiger partial charge in [0.2, 0.25) is 0 Å². The summed E-state index contributed by atoms with van der Waals surface area (Å²) in [5.74, 6) is 0. The van der Waals surface area contributed by atoms with E-state index >= 15 is 0 Å². The van der Waals surface area contributed by atoms with Gasteiger partial charge in [-0.25, -0.2) is 0 Å². The molecule has 0 bridgehead atoms. The van der Waals surface area contributed by atoms with Crippen LogP contribution in [-0.2, 0) is 0 Å². The average molecular weight is 805 g/mol. The van der Waals surface area contributed by atoms with E-state index < -0.39 is 0 Å². The van der Waals surface area contributed by atoms with Gasteiger partial charge in [0.15, 0.2) is 0 Å². The molecule has 0 spiro atoms. The largest absolute Gasteiger partial charge is 0.456 e. The van der Waals surface area contributed by atoms with Crippen LogP contribution in [0.25, 0.3) is 110 Å². The third-order valence-electron chi connectivity index (χ3n) is 11.7. The topological polar surface area (TPSA) is 23.0 Å². The predicted octanol–water partition coefficient (Wildman–Crippen LogP) is 16.4. The van der Waals surface area contributed by atoms with Gasteiger partial charge in [0.1, 0.15) is 11.2 Å². The Labute approximate surface area is 361 Å². The van der Waals surface area contributed by atoms with Crippen molar-refractivity contribution in [1.82, 2.24) is 9.13 Å². The lowest BCUT2D eigenvalue weighted by Crippen LogP contribution is -1.93. The van der Waals surface area contributed by atoms with Crippen molar-refractivity contribution in [3.05, 3.63) is 206 Å². The molecule has 0 aliphatic rings. The Hall–Kier alpha value is -7.27. The fourth-order valence-corrected chi connectivity index (χ4v) is 9.03. The third-order valence-corrected chi connectivity index (χ3v) is 11.7. The molecule has 0 amide bonds. The van der Waals surface area contributed by atoms with E-state index in [1.54, 1.807) is 6.26 Å². The van der Waals surface area contributed by atoms with Crippen molar-refractivity contribution < 1.29 is 4.42 Å². The van der Waals surface area contributed by atoms with Crippen molar-refractivity contribution in [2.75, 3.05) is 6.26 Å². The summed E-state index contributed by atoms with van der Waals surface area (Å²) in [5.41, 5.74) is 16.0. The molecule has 12 rings (SSSR count). The number of nitrogens with zero attached hydrogens (tertiary/aromatic N) is 2. The Balaban J connectivity index is 0.00000108. The molecular weight excluding hydrogens is 761 g/mol. The number of furan rings is 1. The van der Waals surface area contributed by atoms with Crippen molar-refractivity contribution in [1.29, 1.82) is 0 Å². The maximum Gasteiger partial charge on any atom is 0.135 e. The molecule has 0 saturated carbocycles. The Morgan fingerprint density at radius 3 is 1.48 bits per heavy atom. The highest BCUT2D eigenvalue weighted by Crippen LogP contribution is 2.40. The molecule has 294 valence electrons. The smallest absolute Gasteiger partial charge is 0.135 e. The Bertz CT molecular complexity index is 3520. The van der Waals surface area contributed by atoms with E-state index in [2.05, 4.69) is 228 Å². The number of fused-ring (bicyclic) bond motifs is 9. The van der Waals surface area contributed by atoms with Gasteiger partial charge < -0.3 is 13.6 Å². The minimum absolute atomic E-state index is 0.881. The number of hydrogen-bond acceptors (Lipinski definition) is 2. The van der Waals surface area contributed by atoms with E-state index in [1.165, 1.54) is 71.4 Å². The maximum absolute atomic E-state index is 6.47. The minimum Gasteiger partial charge on any atom is -0.456 e. The predicted molar refractivity (Wildman–Crippen MR) is 265 cm³/mol. The number of benzene rings is 9. The van der Waals surface area contributed by atoms with Gasteiger partial charge in [0.05, 0.1) is 22.1 Å². The summed E-state index contributed by atoms with van der Waals surface area (Å²) in [6.45, 7) is 4.00. The molecule has 3 aromatic heterocycles. The fraction of sp³-hybridized carbons (Fsp3) is 0.0526. The summed E-state index contributed by atoms with van der Waals surface area (Å²) in [4.78, 5) is 0. The van der Waals surface area contributed by atoms with Gasteiger partial charge in [-0.2, -0.15) is 12.6 Å². The minimum atomic E-state index is 0.881. The lowest BCUT2D eigenvalue weighted by atomic mass is 9.98. The second kappa shape index (κ2) is 16.1. The van der Waals surface area contributed by atoms with Gasteiger partial charge in [-0.15, -0.1) is 0 Å². The van der Waals surface area contributed by atoms with Crippen LogP contribution in [0.2, 0.25) is 0 Å². The zero-order chi connectivity index (χ0) is 41.5. The SMILES string of the molecule is CC.CS.c1ccc(-c2cccc(-c3ccc4c(c3)c3ccccc3n4-c3ccc4oc5ccc(-c6ccc7c8ccccc8n(-c8ccccc8)c7c6)cc5c4c3)c2)cc1. The Morgan fingerprint density at radius 1 is 0.295 bits per heavy atom. The maximum atomic E-state index is 6.47. The van der Waals surface area contributed by atoms with Crippen LogP contribution in [0.1, 0.15) is 13.8 Å². The second-order valence-electron chi connectivity index (χ2n) is 14.9. The number of aromatic nitrogens is 2. The van der Waals surface area contributed by atoms with Crippen LogP contribution in [-0.4, -0.2) is 15.4 Å². The molecule has 0 fully saturated rings. The molecule has 0 radical (unpaired) electrons. The molecule has 0 atom stereocenters. The van der Waals surface area contributed by atoms with Gasteiger partial charge in [0.25, 0.3) is 0 Å². The molecule has 0 N–H and O–H groups in total. The Kier molecular flexibility index (Phi) is 10.00. The quantitative estimate of drug-likeness (QED) is 0.172. The molecule has 3 nitrogen and oxygen atoms in total. The summed E-state index contributed by atoms with van der Waals surface area (Å²) >= 11 is 3.53. The molecule has 12 aromatic rings. The highest BCUT2D eigenvalue weighted by molar-refractivity contribution is 7.79. The molecule has 4 heteroatoms. The van der Waals surface area contributed by atoms with Gasteiger partial charge >= 0.3 is 0 Å². The normalized spacial score (nSPS) is 11.3. The number of thiol groups is 1. The highest BCUT2D eigenvalue weighted by Gasteiger charge is 2.17. The molecule has 9 aromatic carbocycles. The molecule has 0 saturated heterocycles. The van der Waals surface area contributed by atoms with Crippen molar-refractivity contribution in [2.24, 2.45) is 0 Å². The van der Waals surface area contributed by atoms with Crippen LogP contribution >= 0.6 is 12.6 Å². The highest BCUT2D eigenvalue weighted by atomic mass is 32.1. The van der Waals surface area contributed by atoms with E-state index in [4.69, 9.17) is 4.42 Å². The lowest BCUT2D eigenvalue weighted by Gasteiger charge is -2.10. The second-order valence-corrected chi connectivity index (χ2v) is 14.9. The van der Waals surface area contributed by atoms with Crippen LogP contribution in [0, 0.1) is 0 Å². The van der Waals surface area contributed by atoms with Crippen LogP contribution in [0.15, 0.2) is 211 Å². The first-order valence-corrected chi connectivity index (χ1v) is 21.8. The zero-order valence-corrected chi connectivity index (χ0v) is 35.3. The fourth-order valence-electron chi connectivity index (χ4n) is 9.03. The van der Waals surface area contributed by atoms with Crippen molar-refractivity contribution in [3.8, 4) is 44.8 Å². The van der Waals surface area contributed by atoms with Gasteiger partial charge in [-0.3, -0.25) is 0 Å². The lowest BCUT2D eigenvalue weighted by molar-refractivity contribution is 0.669. The van der Waals surface area contributed by atoms with Crippen LogP contribution < -0.4 is 0 Å². The van der Waals surface area contributed by atoms with Crippen LogP contribution in [0.3, 0.4) is 0 Å². The molecule has 0 aliphatic carbocycles. The summed E-state index contributed by atoms with van der Waals surface area (Å²) in [5, 5.41) is 7.17. The van der Waals surface area contributed by atoms with Crippen molar-refractivity contribution in [2.45, 2.75) is 13.8 Å². The number of rotatable bonds is 5. The van der Waals surface area contributed by atoms with E-state index in [1.807, 2.05) is 13.8 Å². The molecule has 3 heterocycles. The first kappa shape index (κ1) is 38.0. The zero-order valence-electron chi connectivity index (χ0n) is 34.4. The number of hydrogen-bond donors (Lipinski definition) is 1. The summed E-state index contributed by atoms with van der Waals surface area (Å²) in [6, 6.07) is 74.5. The standard InChI is InChI=1S/C54H34N2O.C2H6.CH4S/c1-3-12-35(13-4-1)36-14-11-15-37(30-36)38-23-27-51-46(31-38)44-19-8-10-21-50(44)56(51)42-25-29-54-48(34-42)47-32-39(24-28-53(47)57-54)40-22-26-45-43-18-7-9-20-49(43)55(52(45)33-40)41-16-5-2-6-17-41;2*1-2/h1-34H;1-2H3;2H,1H3. The van der Waals surface area contributed by atoms with E-state index in [9.17, 15) is 0 Å². The molecular formula is C57H44N2OS. The molecule has 0 unspecified atom stereocenters. The van der Waals surface area contributed by atoms with Crippen LogP contribution in [0.4, 0.5) is 0 Å². The van der Waals surface area contributed by atoms with Gasteiger partial charge in [0, 0.05) is 43.7 Å². The van der Waals surface area contributed by atoms with Crippen molar-refractivity contribution >= 4 is 78.2 Å². The van der Waals surface area contributed by atoms with E-state index in [-0.39, 0.29) is 0 Å².